The fraction of sp³-hybridized carbons (Fsp3) is 0.333. The molecule has 0 radical (unpaired) electrons. The van der Waals surface area contributed by atoms with Gasteiger partial charge in [0.15, 0.2) is 0 Å². The van der Waals surface area contributed by atoms with Gasteiger partial charge in [0, 0.05) is 18.7 Å². The number of hydrogen-bond acceptors (Lipinski definition) is 5. The second-order valence-electron chi connectivity index (χ2n) is 6.24. The number of hydrogen-bond donors (Lipinski definition) is 3. The van der Waals surface area contributed by atoms with Crippen LogP contribution in [0.2, 0.25) is 0 Å². The lowest BCUT2D eigenvalue weighted by Crippen LogP contribution is -2.20. The van der Waals surface area contributed by atoms with Gasteiger partial charge in [-0.25, -0.2) is 4.98 Å². The number of amides is 2. The van der Waals surface area contributed by atoms with Gasteiger partial charge < -0.3 is 16.0 Å². The van der Waals surface area contributed by atoms with Crippen LogP contribution >= 0.6 is 12.4 Å². The van der Waals surface area contributed by atoms with Gasteiger partial charge in [0.2, 0.25) is 11.9 Å². The Balaban J connectivity index is 0.00000280. The van der Waals surface area contributed by atoms with Crippen LogP contribution in [0.25, 0.3) is 11.0 Å². The Hall–Kier alpha value is -2.91. The van der Waals surface area contributed by atoms with Crippen LogP contribution in [0.3, 0.4) is 0 Å². The van der Waals surface area contributed by atoms with Crippen molar-refractivity contribution in [3.05, 3.63) is 41.2 Å². The highest BCUT2D eigenvalue weighted by Gasteiger charge is 2.18. The second-order valence-corrected chi connectivity index (χ2v) is 6.24. The van der Waals surface area contributed by atoms with Crippen LogP contribution in [0.1, 0.15) is 39.9 Å². The minimum absolute atomic E-state index is 0. The summed E-state index contributed by atoms with van der Waals surface area (Å²) in [7, 11) is 0. The molecule has 0 aliphatic rings. The maximum atomic E-state index is 12.8. The number of nitrogens with one attached hydrogen (secondary N) is 1. The van der Waals surface area contributed by atoms with Crippen molar-refractivity contribution in [1.29, 1.82) is 0 Å². The molecule has 0 unspecified atom stereocenters. The molecule has 2 aromatic heterocycles. The number of nitrogens with zero attached hydrogens (tertiary/aromatic N) is 4. The quantitative estimate of drug-likeness (QED) is 0.549. The van der Waals surface area contributed by atoms with Gasteiger partial charge in [0.1, 0.15) is 5.69 Å². The smallest absolute Gasteiger partial charge is 0.276 e. The number of aryl methyl sites for hydroxylation is 3. The number of rotatable bonds is 7. The van der Waals surface area contributed by atoms with Gasteiger partial charge in [0.25, 0.3) is 5.91 Å². The fourth-order valence-corrected chi connectivity index (χ4v) is 2.99. The maximum absolute atomic E-state index is 12.8. The van der Waals surface area contributed by atoms with Crippen molar-refractivity contribution in [2.24, 2.45) is 11.5 Å². The number of carbonyl (C=O) groups excluding carboxylic acids is 2. The van der Waals surface area contributed by atoms with Crippen LogP contribution < -0.4 is 16.8 Å². The molecule has 0 atom stereocenters. The standard InChI is InChI=1S/C18H23N7O2.ClH/c1-3-25-15(9-11(2)23-25)17(27)22-18-21-13-10-12(16(20)26)5-6-14(13)24(18)8-4-7-19;/h5-6,9-10H,3-4,7-8,19H2,1-2H3,(H2,20,26)(H,21,22,27);1H. The molecule has 2 heterocycles. The zero-order valence-electron chi connectivity index (χ0n) is 15.8. The first-order chi connectivity index (χ1) is 12.9. The SMILES string of the molecule is CCn1nc(C)cc1C(=O)Nc1nc2cc(C(N)=O)ccc2n1CCCN.Cl. The van der Waals surface area contributed by atoms with Crippen molar-refractivity contribution in [1.82, 2.24) is 19.3 Å². The highest BCUT2D eigenvalue weighted by Crippen LogP contribution is 2.22. The molecule has 0 aliphatic carbocycles. The van der Waals surface area contributed by atoms with Crippen molar-refractivity contribution in [2.75, 3.05) is 11.9 Å². The van der Waals surface area contributed by atoms with E-state index < -0.39 is 5.91 Å². The molecule has 0 spiro atoms. The van der Waals surface area contributed by atoms with Crippen molar-refractivity contribution in [2.45, 2.75) is 33.4 Å². The molecular weight excluding hydrogens is 382 g/mol. The summed E-state index contributed by atoms with van der Waals surface area (Å²) in [6, 6.07) is 6.77. The number of aromatic nitrogens is 4. The van der Waals surface area contributed by atoms with Crippen molar-refractivity contribution in [3.63, 3.8) is 0 Å². The summed E-state index contributed by atoms with van der Waals surface area (Å²) >= 11 is 0. The molecule has 0 saturated heterocycles. The first-order valence-corrected chi connectivity index (χ1v) is 8.80. The summed E-state index contributed by atoms with van der Waals surface area (Å²) in [5.41, 5.74) is 14.0. The average Bonchev–Trinajstić information content (AvgIpc) is 3.19. The molecule has 0 saturated carbocycles. The molecule has 0 aliphatic heterocycles. The largest absolute Gasteiger partial charge is 0.366 e. The van der Waals surface area contributed by atoms with Crippen LogP contribution in [0, 0.1) is 6.92 Å². The highest BCUT2D eigenvalue weighted by atomic mass is 35.5. The van der Waals surface area contributed by atoms with Gasteiger partial charge in [-0.2, -0.15) is 5.10 Å². The second kappa shape index (κ2) is 8.85. The summed E-state index contributed by atoms with van der Waals surface area (Å²) < 4.78 is 3.52. The predicted molar refractivity (Wildman–Crippen MR) is 110 cm³/mol. The van der Waals surface area contributed by atoms with E-state index in [0.717, 1.165) is 17.6 Å². The summed E-state index contributed by atoms with van der Waals surface area (Å²) in [5.74, 6) is -0.426. The molecule has 0 fully saturated rings. The van der Waals surface area contributed by atoms with Crippen molar-refractivity contribution in [3.8, 4) is 0 Å². The third-order valence-corrected chi connectivity index (χ3v) is 4.28. The molecule has 9 nitrogen and oxygen atoms in total. The van der Waals surface area contributed by atoms with E-state index in [9.17, 15) is 9.59 Å². The predicted octanol–water partition coefficient (Wildman–Crippen LogP) is 1.68. The van der Waals surface area contributed by atoms with Crippen LogP contribution in [-0.2, 0) is 13.1 Å². The molecule has 2 amide bonds. The Labute approximate surface area is 168 Å². The summed E-state index contributed by atoms with van der Waals surface area (Å²) in [6.07, 6.45) is 0.720. The third kappa shape index (κ3) is 4.15. The van der Waals surface area contributed by atoms with Gasteiger partial charge >= 0.3 is 0 Å². The Morgan fingerprint density at radius 3 is 2.64 bits per heavy atom. The number of primary amides is 1. The van der Waals surface area contributed by atoms with Crippen LogP contribution in [-0.4, -0.2) is 37.7 Å². The van der Waals surface area contributed by atoms with E-state index >= 15 is 0 Å². The topological polar surface area (TPSA) is 134 Å². The van der Waals surface area contributed by atoms with E-state index in [4.69, 9.17) is 11.5 Å². The molecule has 5 N–H and O–H groups in total. The first-order valence-electron chi connectivity index (χ1n) is 8.80. The van der Waals surface area contributed by atoms with E-state index in [1.807, 2.05) is 18.4 Å². The van der Waals surface area contributed by atoms with Gasteiger partial charge in [-0.15, -0.1) is 12.4 Å². The third-order valence-electron chi connectivity index (χ3n) is 4.28. The maximum Gasteiger partial charge on any atom is 0.276 e. The zero-order valence-corrected chi connectivity index (χ0v) is 16.6. The van der Waals surface area contributed by atoms with Gasteiger partial charge in [-0.3, -0.25) is 19.6 Å². The normalized spacial score (nSPS) is 10.7. The fourth-order valence-electron chi connectivity index (χ4n) is 2.99. The number of halogens is 1. The Bertz CT molecular complexity index is 1010. The minimum atomic E-state index is -0.527. The Morgan fingerprint density at radius 2 is 2.00 bits per heavy atom. The molecule has 1 aromatic carbocycles. The minimum Gasteiger partial charge on any atom is -0.366 e. The van der Waals surface area contributed by atoms with Gasteiger partial charge in [-0.05, 0) is 51.1 Å². The lowest BCUT2D eigenvalue weighted by atomic mass is 10.2. The molecule has 150 valence electrons. The van der Waals surface area contributed by atoms with Crippen molar-refractivity contribution >= 4 is 41.2 Å². The van der Waals surface area contributed by atoms with E-state index in [1.54, 1.807) is 28.9 Å². The lowest BCUT2D eigenvalue weighted by molar-refractivity contribution is 0.0996. The van der Waals surface area contributed by atoms with Crippen LogP contribution in [0.15, 0.2) is 24.3 Å². The summed E-state index contributed by atoms with van der Waals surface area (Å²) in [6.45, 7) is 5.44. The number of anilines is 1. The number of nitrogens with two attached hydrogens (primary N) is 2. The van der Waals surface area contributed by atoms with Crippen LogP contribution in [0.4, 0.5) is 5.95 Å². The van der Waals surface area contributed by atoms with Gasteiger partial charge in [-0.1, -0.05) is 0 Å². The lowest BCUT2D eigenvalue weighted by Gasteiger charge is -2.10. The van der Waals surface area contributed by atoms with Gasteiger partial charge in [0.05, 0.1) is 16.7 Å². The molecule has 3 rings (SSSR count). The first kappa shape index (κ1) is 21.4. The summed E-state index contributed by atoms with van der Waals surface area (Å²) in [4.78, 5) is 28.7. The number of carbonyl (C=O) groups is 2. The van der Waals surface area contributed by atoms with Crippen molar-refractivity contribution < 1.29 is 9.59 Å². The molecule has 0 bridgehead atoms. The number of fused-ring (bicyclic) bond motifs is 1. The average molecular weight is 406 g/mol. The zero-order chi connectivity index (χ0) is 19.6. The van der Waals surface area contributed by atoms with Crippen LogP contribution in [0.5, 0.6) is 0 Å². The molecule has 10 heteroatoms. The molecule has 3 aromatic rings. The summed E-state index contributed by atoms with van der Waals surface area (Å²) in [5, 5.41) is 7.16. The molecular formula is C18H24ClN7O2. The number of benzene rings is 1. The van der Waals surface area contributed by atoms with E-state index in [-0.39, 0.29) is 18.3 Å². The highest BCUT2D eigenvalue weighted by molar-refractivity contribution is 6.03. The van der Waals surface area contributed by atoms with E-state index in [0.29, 0.717) is 42.4 Å². The Kier molecular flexibility index (Phi) is 6.76. The van der Waals surface area contributed by atoms with E-state index in [1.165, 1.54) is 0 Å². The van der Waals surface area contributed by atoms with E-state index in [2.05, 4.69) is 15.4 Å². The Morgan fingerprint density at radius 1 is 1.25 bits per heavy atom. The monoisotopic (exact) mass is 405 g/mol. The number of imidazole rings is 1. The molecule has 28 heavy (non-hydrogen) atoms.